The van der Waals surface area contributed by atoms with Gasteiger partial charge in [-0.25, -0.2) is 0 Å². The van der Waals surface area contributed by atoms with Crippen molar-refractivity contribution in [2.45, 2.75) is 0 Å². The smallest absolute Gasteiger partial charge is 0.114 e. The third-order valence-electron chi connectivity index (χ3n) is 0.989. The number of nitrogens with one attached hydrogen (secondary N) is 1. The third kappa shape index (κ3) is 1.79. The molecule has 10 heavy (non-hydrogen) atoms. The molecule has 1 rings (SSSR count). The molecule has 0 aliphatic rings. The summed E-state index contributed by atoms with van der Waals surface area (Å²) in [5.74, 6) is 2.46. The first-order valence-electron chi connectivity index (χ1n) is 2.93. The van der Waals surface area contributed by atoms with E-state index in [-0.39, 0.29) is 0 Å². The van der Waals surface area contributed by atoms with Crippen molar-refractivity contribution in [3.63, 3.8) is 0 Å². The van der Waals surface area contributed by atoms with Crippen LogP contribution in [0.2, 0.25) is 0 Å². The fourth-order valence-electron chi connectivity index (χ4n) is 0.571. The summed E-state index contributed by atoms with van der Waals surface area (Å²) < 4.78 is 0. The maximum atomic E-state index is 5.03. The molecule has 0 saturated heterocycles. The number of pyridine rings is 1. The first kappa shape index (κ1) is 6.63. The Bertz CT molecular complexity index is 223. The number of nitrogens with zero attached hydrogens (tertiary/aromatic N) is 1. The maximum absolute atomic E-state index is 5.03. The van der Waals surface area contributed by atoms with E-state index in [1.54, 1.807) is 6.20 Å². The molecule has 1 aromatic rings. The largest absolute Gasteiger partial charge is 0.372 e. The van der Waals surface area contributed by atoms with Crippen molar-refractivity contribution in [3.05, 3.63) is 24.5 Å². The number of terminal acetylenes is 1. The Kier molecular flexibility index (Phi) is 2.33. The monoisotopic (exact) mass is 131 g/mol. The topological polar surface area (TPSA) is 24.9 Å². The zero-order valence-corrected chi connectivity index (χ0v) is 5.46. The molecule has 0 bridgehead atoms. The number of hydrogen-bond donors (Lipinski definition) is 1. The Morgan fingerprint density at radius 1 is 1.80 bits per heavy atom. The van der Waals surface area contributed by atoms with Crippen LogP contribution in [0.5, 0.6) is 0 Å². The summed E-state index contributed by atoms with van der Waals surface area (Å²) in [4.78, 5) is 3.78. The molecule has 0 amide bonds. The lowest BCUT2D eigenvalue weighted by atomic mass is 10.4. The van der Waals surface area contributed by atoms with E-state index in [9.17, 15) is 0 Å². The molecule has 49 valence electrons. The first-order valence-corrected chi connectivity index (χ1v) is 2.93. The van der Waals surface area contributed by atoms with Crippen LogP contribution in [0.15, 0.2) is 18.3 Å². The van der Waals surface area contributed by atoms with Crippen LogP contribution < -0.4 is 5.32 Å². The minimum atomic E-state index is 0.516. The van der Waals surface area contributed by atoms with Crippen LogP contribution in [0.1, 0.15) is 0 Å². The SMILES string of the molecule is C#CCNc1[c]nccc1. The fraction of sp³-hybridized carbons (Fsp3) is 0.125. The maximum Gasteiger partial charge on any atom is 0.114 e. The normalized spacial score (nSPS) is 8.30. The summed E-state index contributed by atoms with van der Waals surface area (Å²) in [6, 6.07) is 3.69. The number of rotatable bonds is 2. The molecule has 1 radical (unpaired) electrons. The van der Waals surface area contributed by atoms with Gasteiger partial charge < -0.3 is 5.32 Å². The van der Waals surface area contributed by atoms with E-state index in [1.807, 2.05) is 12.1 Å². The summed E-state index contributed by atoms with van der Waals surface area (Å²) in [6.07, 6.45) is 9.44. The van der Waals surface area contributed by atoms with Crippen LogP contribution in [-0.4, -0.2) is 11.5 Å². The molecule has 1 heterocycles. The van der Waals surface area contributed by atoms with E-state index < -0.39 is 0 Å². The molecule has 0 aliphatic heterocycles. The summed E-state index contributed by atoms with van der Waals surface area (Å²) >= 11 is 0. The molecule has 0 aromatic carbocycles. The minimum absolute atomic E-state index is 0.516. The quantitative estimate of drug-likeness (QED) is 0.604. The molecule has 0 spiro atoms. The van der Waals surface area contributed by atoms with Crippen molar-refractivity contribution in [1.29, 1.82) is 0 Å². The molecular weight excluding hydrogens is 124 g/mol. The van der Waals surface area contributed by atoms with Crippen LogP contribution in [0.25, 0.3) is 0 Å². The van der Waals surface area contributed by atoms with Crippen LogP contribution in [0.4, 0.5) is 5.69 Å². The van der Waals surface area contributed by atoms with Crippen molar-refractivity contribution >= 4 is 5.69 Å². The van der Waals surface area contributed by atoms with Crippen LogP contribution in [0, 0.1) is 18.5 Å². The highest BCUT2D eigenvalue weighted by Gasteiger charge is 1.85. The minimum Gasteiger partial charge on any atom is -0.372 e. The molecule has 1 aromatic heterocycles. The van der Waals surface area contributed by atoms with Crippen molar-refractivity contribution in [1.82, 2.24) is 4.98 Å². The standard InChI is InChI=1S/C8H7N2/c1-2-5-10-8-4-3-6-9-7-8/h1,3-4,6,10H,5H2. The molecule has 0 unspecified atom stereocenters. The van der Waals surface area contributed by atoms with E-state index >= 15 is 0 Å². The lowest BCUT2D eigenvalue weighted by Gasteiger charge is -1.97. The lowest BCUT2D eigenvalue weighted by molar-refractivity contribution is 1.27. The summed E-state index contributed by atoms with van der Waals surface area (Å²) in [5, 5.41) is 2.94. The van der Waals surface area contributed by atoms with Gasteiger partial charge in [0.15, 0.2) is 0 Å². The predicted octanol–water partition coefficient (Wildman–Crippen LogP) is 0.927. The van der Waals surface area contributed by atoms with E-state index in [0.717, 1.165) is 5.69 Å². The molecular formula is C8H7N2. The summed E-state index contributed by atoms with van der Waals surface area (Å²) in [7, 11) is 0. The fourth-order valence-corrected chi connectivity index (χ4v) is 0.571. The Labute approximate surface area is 60.3 Å². The number of hydrogen-bond acceptors (Lipinski definition) is 2. The molecule has 0 atom stereocenters. The average Bonchev–Trinajstić information content (AvgIpc) is 2.03. The summed E-state index contributed by atoms with van der Waals surface area (Å²) in [6.45, 7) is 0.516. The van der Waals surface area contributed by atoms with E-state index in [0.29, 0.717) is 6.54 Å². The van der Waals surface area contributed by atoms with E-state index in [2.05, 4.69) is 22.4 Å². The van der Waals surface area contributed by atoms with Gasteiger partial charge in [-0.1, -0.05) is 5.92 Å². The molecule has 2 heteroatoms. The van der Waals surface area contributed by atoms with Gasteiger partial charge in [0, 0.05) is 6.20 Å². The predicted molar refractivity (Wildman–Crippen MR) is 40.4 cm³/mol. The van der Waals surface area contributed by atoms with Gasteiger partial charge in [-0.15, -0.1) is 6.42 Å². The molecule has 1 N–H and O–H groups in total. The van der Waals surface area contributed by atoms with Crippen molar-refractivity contribution in [2.75, 3.05) is 11.9 Å². The lowest BCUT2D eigenvalue weighted by Crippen LogP contribution is -1.97. The zero-order valence-electron chi connectivity index (χ0n) is 5.46. The highest BCUT2D eigenvalue weighted by molar-refractivity contribution is 5.39. The highest BCUT2D eigenvalue weighted by atomic mass is 14.9. The van der Waals surface area contributed by atoms with Gasteiger partial charge in [-0.2, -0.15) is 0 Å². The van der Waals surface area contributed by atoms with Gasteiger partial charge in [0.25, 0.3) is 0 Å². The molecule has 0 fully saturated rings. The number of aromatic nitrogens is 1. The Morgan fingerprint density at radius 2 is 2.70 bits per heavy atom. The third-order valence-corrected chi connectivity index (χ3v) is 0.989. The van der Waals surface area contributed by atoms with Crippen molar-refractivity contribution in [2.24, 2.45) is 0 Å². The van der Waals surface area contributed by atoms with Crippen LogP contribution in [-0.2, 0) is 0 Å². The van der Waals surface area contributed by atoms with Gasteiger partial charge >= 0.3 is 0 Å². The summed E-state index contributed by atoms with van der Waals surface area (Å²) in [5.41, 5.74) is 0.834. The van der Waals surface area contributed by atoms with Gasteiger partial charge in [-0.3, -0.25) is 4.98 Å². The molecule has 2 nitrogen and oxygen atoms in total. The average molecular weight is 131 g/mol. The van der Waals surface area contributed by atoms with E-state index in [4.69, 9.17) is 6.42 Å². The van der Waals surface area contributed by atoms with Gasteiger partial charge in [0.05, 0.1) is 12.2 Å². The Morgan fingerprint density at radius 3 is 3.30 bits per heavy atom. The second-order valence-electron chi connectivity index (χ2n) is 1.72. The van der Waals surface area contributed by atoms with Crippen LogP contribution in [0.3, 0.4) is 0 Å². The molecule has 0 saturated carbocycles. The van der Waals surface area contributed by atoms with Crippen molar-refractivity contribution in [3.8, 4) is 12.3 Å². The molecule has 0 aliphatic carbocycles. The van der Waals surface area contributed by atoms with Gasteiger partial charge in [0.2, 0.25) is 0 Å². The highest BCUT2D eigenvalue weighted by Crippen LogP contribution is 1.99. The zero-order chi connectivity index (χ0) is 7.23. The number of anilines is 1. The second-order valence-corrected chi connectivity index (χ2v) is 1.72. The van der Waals surface area contributed by atoms with Crippen LogP contribution >= 0.6 is 0 Å². The van der Waals surface area contributed by atoms with E-state index in [1.165, 1.54) is 0 Å². The Balaban J connectivity index is 2.52. The Hall–Kier alpha value is -1.49. The van der Waals surface area contributed by atoms with Gasteiger partial charge in [0.1, 0.15) is 6.20 Å². The first-order chi connectivity index (χ1) is 4.93. The second kappa shape index (κ2) is 3.52. The van der Waals surface area contributed by atoms with Gasteiger partial charge in [-0.05, 0) is 12.1 Å². The van der Waals surface area contributed by atoms with Crippen molar-refractivity contribution < 1.29 is 0 Å².